The number of aliphatic hydroxyl groups is 1. The number of allylic oxidation sites excluding steroid dienone is 1. The number of carbonyl (C=O) groups is 3. The van der Waals surface area contributed by atoms with Gasteiger partial charge in [0.2, 0.25) is 0 Å². The third-order valence-electron chi connectivity index (χ3n) is 9.46. The zero-order chi connectivity index (χ0) is 22.6. The Balaban J connectivity index is 1.63. The third kappa shape index (κ3) is 3.46. The van der Waals surface area contributed by atoms with Gasteiger partial charge in [-0.15, -0.1) is 0 Å². The summed E-state index contributed by atoms with van der Waals surface area (Å²) in [5.74, 6) is 0.657. The monoisotopic (exact) mass is 432 g/mol. The summed E-state index contributed by atoms with van der Waals surface area (Å²) in [5.41, 5.74) is -0.222. The molecule has 0 aromatic carbocycles. The Labute approximate surface area is 184 Å². The molecule has 0 spiro atoms. The van der Waals surface area contributed by atoms with Gasteiger partial charge < -0.3 is 14.6 Å². The molecule has 0 aliphatic heterocycles. The summed E-state index contributed by atoms with van der Waals surface area (Å²) in [6.45, 7) is 7.02. The lowest BCUT2D eigenvalue weighted by Crippen LogP contribution is -2.60. The van der Waals surface area contributed by atoms with Gasteiger partial charge in [0.05, 0.1) is 0 Å². The van der Waals surface area contributed by atoms with Crippen molar-refractivity contribution >= 4 is 17.7 Å². The average molecular weight is 433 g/mol. The van der Waals surface area contributed by atoms with E-state index in [0.717, 1.165) is 38.5 Å². The lowest BCUT2D eigenvalue weighted by Gasteiger charge is -2.59. The number of ketones is 1. The van der Waals surface area contributed by atoms with Crippen molar-refractivity contribution in [3.05, 3.63) is 11.6 Å². The Bertz CT molecular complexity index is 817. The summed E-state index contributed by atoms with van der Waals surface area (Å²) in [7, 11) is 0. The first-order valence-corrected chi connectivity index (χ1v) is 11.8. The fraction of sp³-hybridized carbons (Fsp3) is 0.800. The first-order chi connectivity index (χ1) is 14.5. The summed E-state index contributed by atoms with van der Waals surface area (Å²) < 4.78 is 10.7. The predicted octanol–water partition coefficient (Wildman–Crippen LogP) is 3.74. The van der Waals surface area contributed by atoms with E-state index < -0.39 is 29.1 Å². The van der Waals surface area contributed by atoms with Gasteiger partial charge in [-0.1, -0.05) is 19.4 Å². The van der Waals surface area contributed by atoms with E-state index in [4.69, 9.17) is 9.47 Å². The van der Waals surface area contributed by atoms with Crippen LogP contribution in [0.3, 0.4) is 0 Å². The molecule has 0 heterocycles. The maximum Gasteiger partial charge on any atom is 0.303 e. The second-order valence-corrected chi connectivity index (χ2v) is 10.8. The largest absolute Gasteiger partial charge is 0.462 e. The lowest BCUT2D eigenvalue weighted by molar-refractivity contribution is -0.207. The minimum atomic E-state index is -1.22. The SMILES string of the molecule is CC(=O)OCC(OC(C)=O)[C@@]1(O)CCC2C3CCC4=CC(=O)CCC4(C)C3CCC21C. The van der Waals surface area contributed by atoms with Crippen LogP contribution in [0, 0.1) is 28.6 Å². The third-order valence-corrected chi connectivity index (χ3v) is 9.46. The molecule has 172 valence electrons. The lowest BCUT2D eigenvalue weighted by atomic mass is 9.46. The molecule has 4 aliphatic rings. The van der Waals surface area contributed by atoms with Crippen LogP contribution < -0.4 is 0 Å². The van der Waals surface area contributed by atoms with Crippen LogP contribution in [-0.2, 0) is 23.9 Å². The Morgan fingerprint density at radius 1 is 1.06 bits per heavy atom. The van der Waals surface area contributed by atoms with E-state index >= 15 is 0 Å². The summed E-state index contributed by atoms with van der Waals surface area (Å²) in [5, 5.41) is 12.0. The van der Waals surface area contributed by atoms with E-state index in [2.05, 4.69) is 13.8 Å². The molecule has 6 nitrogen and oxygen atoms in total. The molecule has 4 rings (SSSR count). The summed E-state index contributed by atoms with van der Waals surface area (Å²) in [4.78, 5) is 35.3. The molecule has 0 amide bonds. The second kappa shape index (κ2) is 7.72. The molecule has 7 atom stereocenters. The number of ether oxygens (including phenoxy) is 2. The highest BCUT2D eigenvalue weighted by molar-refractivity contribution is 5.91. The zero-order valence-corrected chi connectivity index (χ0v) is 19.2. The quantitative estimate of drug-likeness (QED) is 0.681. The van der Waals surface area contributed by atoms with E-state index in [0.29, 0.717) is 30.6 Å². The number of hydrogen-bond acceptors (Lipinski definition) is 6. The smallest absolute Gasteiger partial charge is 0.303 e. The highest BCUT2D eigenvalue weighted by Gasteiger charge is 2.66. The van der Waals surface area contributed by atoms with Crippen molar-refractivity contribution in [2.75, 3.05) is 6.61 Å². The summed E-state index contributed by atoms with van der Waals surface area (Å²) in [6, 6.07) is 0. The molecular formula is C25H36O6. The van der Waals surface area contributed by atoms with Crippen LogP contribution in [0.1, 0.15) is 79.1 Å². The molecule has 0 bridgehead atoms. The highest BCUT2D eigenvalue weighted by Crippen LogP contribution is 2.68. The molecular weight excluding hydrogens is 396 g/mol. The molecule has 0 aromatic rings. The summed E-state index contributed by atoms with van der Waals surface area (Å²) in [6.07, 6.45) is 7.84. The van der Waals surface area contributed by atoms with Crippen molar-refractivity contribution in [2.45, 2.75) is 90.8 Å². The maximum atomic E-state index is 12.0. The van der Waals surface area contributed by atoms with Crippen LogP contribution in [0.2, 0.25) is 0 Å². The topological polar surface area (TPSA) is 89.9 Å². The second-order valence-electron chi connectivity index (χ2n) is 10.8. The van der Waals surface area contributed by atoms with Gasteiger partial charge in [0.15, 0.2) is 11.9 Å². The van der Waals surface area contributed by atoms with Crippen LogP contribution in [0.4, 0.5) is 0 Å². The van der Waals surface area contributed by atoms with Crippen molar-refractivity contribution in [1.82, 2.24) is 0 Å². The highest BCUT2D eigenvalue weighted by atomic mass is 16.6. The van der Waals surface area contributed by atoms with Gasteiger partial charge in [-0.2, -0.15) is 0 Å². The van der Waals surface area contributed by atoms with Gasteiger partial charge in [0, 0.05) is 25.7 Å². The van der Waals surface area contributed by atoms with Crippen LogP contribution in [-0.4, -0.2) is 41.1 Å². The molecule has 6 unspecified atom stereocenters. The summed E-state index contributed by atoms with van der Waals surface area (Å²) >= 11 is 0. The van der Waals surface area contributed by atoms with Crippen molar-refractivity contribution in [3.63, 3.8) is 0 Å². The molecule has 0 radical (unpaired) electrons. The van der Waals surface area contributed by atoms with E-state index in [1.54, 1.807) is 0 Å². The number of esters is 2. The molecule has 6 heteroatoms. The molecule has 3 fully saturated rings. The fourth-order valence-electron chi connectivity index (χ4n) is 7.80. The molecule has 0 saturated heterocycles. The van der Waals surface area contributed by atoms with Crippen LogP contribution in [0.15, 0.2) is 11.6 Å². The Kier molecular flexibility index (Phi) is 5.60. The molecule has 0 aromatic heterocycles. The zero-order valence-electron chi connectivity index (χ0n) is 19.2. The Morgan fingerprint density at radius 2 is 1.77 bits per heavy atom. The van der Waals surface area contributed by atoms with E-state index in [-0.39, 0.29) is 17.8 Å². The molecule has 31 heavy (non-hydrogen) atoms. The number of rotatable bonds is 4. The van der Waals surface area contributed by atoms with Crippen molar-refractivity contribution in [2.24, 2.45) is 28.6 Å². The van der Waals surface area contributed by atoms with Gasteiger partial charge in [-0.3, -0.25) is 14.4 Å². The number of hydrogen-bond donors (Lipinski definition) is 1. The maximum absolute atomic E-state index is 12.0. The minimum Gasteiger partial charge on any atom is -0.462 e. The van der Waals surface area contributed by atoms with Crippen molar-refractivity contribution in [3.8, 4) is 0 Å². The normalized spacial score (nSPS) is 42.5. The van der Waals surface area contributed by atoms with Gasteiger partial charge in [-0.05, 0) is 74.2 Å². The van der Waals surface area contributed by atoms with E-state index in [1.807, 2.05) is 6.08 Å². The van der Waals surface area contributed by atoms with E-state index in [1.165, 1.54) is 19.4 Å². The van der Waals surface area contributed by atoms with Gasteiger partial charge in [0.1, 0.15) is 12.2 Å². The average Bonchev–Trinajstić information content (AvgIpc) is 2.97. The number of fused-ring (bicyclic) bond motifs is 5. The molecule has 1 N–H and O–H groups in total. The Hall–Kier alpha value is -1.69. The van der Waals surface area contributed by atoms with Gasteiger partial charge in [-0.25, -0.2) is 0 Å². The number of carbonyl (C=O) groups excluding carboxylic acids is 3. The van der Waals surface area contributed by atoms with Crippen LogP contribution in [0.25, 0.3) is 0 Å². The fourth-order valence-corrected chi connectivity index (χ4v) is 7.80. The first-order valence-electron chi connectivity index (χ1n) is 11.8. The van der Waals surface area contributed by atoms with Crippen LogP contribution >= 0.6 is 0 Å². The molecule has 4 aliphatic carbocycles. The van der Waals surface area contributed by atoms with Crippen molar-refractivity contribution in [1.29, 1.82) is 0 Å². The minimum absolute atomic E-state index is 0.0753. The van der Waals surface area contributed by atoms with Crippen molar-refractivity contribution < 1.29 is 29.0 Å². The van der Waals surface area contributed by atoms with Crippen LogP contribution in [0.5, 0.6) is 0 Å². The van der Waals surface area contributed by atoms with Gasteiger partial charge in [0.25, 0.3) is 0 Å². The van der Waals surface area contributed by atoms with E-state index in [9.17, 15) is 19.5 Å². The predicted molar refractivity (Wildman–Crippen MR) is 114 cm³/mol. The standard InChI is InChI=1S/C25H36O6/c1-15(26)30-14-22(31-16(2)27)25(29)12-9-21-19-6-5-17-13-18(28)7-10-23(17,3)20(19)8-11-24(21,25)4/h13,19-22,29H,5-12,14H2,1-4H3/t19?,20?,21?,22?,23?,24?,25-/m0/s1. The first kappa shape index (κ1) is 22.5. The Morgan fingerprint density at radius 3 is 2.45 bits per heavy atom. The molecule has 3 saturated carbocycles. The van der Waals surface area contributed by atoms with Gasteiger partial charge >= 0.3 is 11.9 Å².